The fraction of sp³-hybridized carbons (Fsp3) is 0.818. The zero-order chi connectivity index (χ0) is 9.68. The first-order valence-corrected chi connectivity index (χ1v) is 5.02. The molecule has 0 spiro atoms. The molecule has 3 unspecified atom stereocenters. The maximum absolute atomic E-state index is 6.02. The van der Waals surface area contributed by atoms with E-state index in [4.69, 9.17) is 10.5 Å². The molecule has 74 valence electrons. The second-order valence-corrected chi connectivity index (χ2v) is 3.73. The molecule has 0 radical (unpaired) electrons. The Morgan fingerprint density at radius 3 is 2.92 bits per heavy atom. The summed E-state index contributed by atoms with van der Waals surface area (Å²) in [7, 11) is 0. The van der Waals surface area contributed by atoms with Crippen molar-refractivity contribution in [2.24, 2.45) is 11.7 Å². The van der Waals surface area contributed by atoms with E-state index < -0.39 is 0 Å². The van der Waals surface area contributed by atoms with Gasteiger partial charge in [-0.25, -0.2) is 0 Å². The highest BCUT2D eigenvalue weighted by Gasteiger charge is 2.29. The molecule has 3 atom stereocenters. The minimum absolute atomic E-state index is 0.165. The van der Waals surface area contributed by atoms with Gasteiger partial charge in [0.05, 0.1) is 6.10 Å². The van der Waals surface area contributed by atoms with E-state index in [9.17, 15) is 0 Å². The maximum atomic E-state index is 6.02. The van der Waals surface area contributed by atoms with Gasteiger partial charge in [-0.2, -0.15) is 0 Å². The number of ether oxygens (including phenoxy) is 1. The normalized spacial score (nSPS) is 29.5. The Morgan fingerprint density at radius 2 is 2.38 bits per heavy atom. The Bertz CT molecular complexity index is 204. The summed E-state index contributed by atoms with van der Waals surface area (Å²) >= 11 is 0. The predicted octanol–water partition coefficient (Wildman–Crippen LogP) is 1.54. The quantitative estimate of drug-likeness (QED) is 0.670. The molecule has 0 amide bonds. The van der Waals surface area contributed by atoms with Crippen molar-refractivity contribution in [3.8, 4) is 11.8 Å². The maximum Gasteiger partial charge on any atom is 0.0752 e. The molecule has 0 aromatic rings. The van der Waals surface area contributed by atoms with Crippen LogP contribution in [0.15, 0.2) is 0 Å². The van der Waals surface area contributed by atoms with E-state index >= 15 is 0 Å². The summed E-state index contributed by atoms with van der Waals surface area (Å²) < 4.78 is 5.58. The third kappa shape index (κ3) is 3.02. The van der Waals surface area contributed by atoms with Gasteiger partial charge in [0.2, 0.25) is 0 Å². The van der Waals surface area contributed by atoms with Gasteiger partial charge in [-0.3, -0.25) is 0 Å². The molecular formula is C11H19NO. The molecule has 0 saturated carbocycles. The van der Waals surface area contributed by atoms with Gasteiger partial charge in [-0.1, -0.05) is 6.92 Å². The molecule has 13 heavy (non-hydrogen) atoms. The topological polar surface area (TPSA) is 35.2 Å². The third-order valence-corrected chi connectivity index (χ3v) is 2.65. The molecule has 1 aliphatic rings. The van der Waals surface area contributed by atoms with E-state index in [1.807, 2.05) is 6.92 Å². The number of hydrogen-bond acceptors (Lipinski definition) is 2. The first kappa shape index (κ1) is 10.6. The lowest BCUT2D eigenvalue weighted by molar-refractivity contribution is 0.0706. The smallest absolute Gasteiger partial charge is 0.0752 e. The molecule has 0 aromatic carbocycles. The van der Waals surface area contributed by atoms with Gasteiger partial charge in [0.1, 0.15) is 0 Å². The summed E-state index contributed by atoms with van der Waals surface area (Å²) in [5, 5.41) is 0. The van der Waals surface area contributed by atoms with Gasteiger partial charge in [0.15, 0.2) is 0 Å². The van der Waals surface area contributed by atoms with Gasteiger partial charge < -0.3 is 10.5 Å². The van der Waals surface area contributed by atoms with Crippen LogP contribution in [0.2, 0.25) is 0 Å². The fourth-order valence-electron chi connectivity index (χ4n) is 1.79. The summed E-state index contributed by atoms with van der Waals surface area (Å²) in [6.45, 7) is 4.95. The van der Waals surface area contributed by atoms with E-state index in [2.05, 4.69) is 18.8 Å². The molecule has 2 heteroatoms. The molecule has 0 bridgehead atoms. The lowest BCUT2D eigenvalue weighted by Crippen LogP contribution is -2.37. The molecule has 2 N–H and O–H groups in total. The predicted molar refractivity (Wildman–Crippen MR) is 54.2 cm³/mol. The average Bonchev–Trinajstić information content (AvgIpc) is 2.52. The van der Waals surface area contributed by atoms with Crippen LogP contribution in [-0.2, 0) is 4.74 Å². The lowest BCUT2D eigenvalue weighted by Gasteiger charge is -2.21. The number of rotatable bonds is 3. The highest BCUT2D eigenvalue weighted by atomic mass is 16.5. The second-order valence-electron chi connectivity index (χ2n) is 3.73. The Morgan fingerprint density at radius 1 is 1.62 bits per heavy atom. The van der Waals surface area contributed by atoms with E-state index in [1.54, 1.807) is 0 Å². The summed E-state index contributed by atoms with van der Waals surface area (Å²) in [4.78, 5) is 0. The molecular weight excluding hydrogens is 162 g/mol. The average molecular weight is 181 g/mol. The van der Waals surface area contributed by atoms with Crippen LogP contribution >= 0.6 is 0 Å². The lowest BCUT2D eigenvalue weighted by atomic mass is 9.95. The Hall–Kier alpha value is -0.520. The Labute approximate surface area is 80.8 Å². The van der Waals surface area contributed by atoms with Crippen LogP contribution in [-0.4, -0.2) is 18.8 Å². The Kier molecular flexibility index (Phi) is 4.27. The van der Waals surface area contributed by atoms with E-state index in [0.717, 1.165) is 25.9 Å². The monoisotopic (exact) mass is 181 g/mol. The van der Waals surface area contributed by atoms with Crippen LogP contribution in [0.1, 0.15) is 33.1 Å². The van der Waals surface area contributed by atoms with Gasteiger partial charge in [-0.15, -0.1) is 11.8 Å². The first-order chi connectivity index (χ1) is 6.25. The molecule has 1 fully saturated rings. The summed E-state index contributed by atoms with van der Waals surface area (Å²) in [5.74, 6) is 6.53. The van der Waals surface area contributed by atoms with Gasteiger partial charge in [-0.05, 0) is 25.7 Å². The van der Waals surface area contributed by atoms with Crippen LogP contribution in [0.5, 0.6) is 0 Å². The van der Waals surface area contributed by atoms with Crippen LogP contribution in [0.3, 0.4) is 0 Å². The highest BCUT2D eigenvalue weighted by molar-refractivity contribution is 4.96. The van der Waals surface area contributed by atoms with Crippen molar-refractivity contribution in [3.63, 3.8) is 0 Å². The summed E-state index contributed by atoms with van der Waals surface area (Å²) in [6, 6.07) is 0.165. The Balaban J connectivity index is 2.28. The van der Waals surface area contributed by atoms with Gasteiger partial charge in [0, 0.05) is 19.1 Å². The van der Waals surface area contributed by atoms with Crippen molar-refractivity contribution in [1.29, 1.82) is 0 Å². The van der Waals surface area contributed by atoms with Crippen LogP contribution in [0, 0.1) is 17.8 Å². The fourth-order valence-corrected chi connectivity index (χ4v) is 1.79. The van der Waals surface area contributed by atoms with Crippen LogP contribution < -0.4 is 5.73 Å². The molecule has 1 aliphatic heterocycles. The van der Waals surface area contributed by atoms with Crippen LogP contribution in [0.4, 0.5) is 0 Å². The van der Waals surface area contributed by atoms with Crippen LogP contribution in [0.25, 0.3) is 0 Å². The van der Waals surface area contributed by atoms with E-state index in [-0.39, 0.29) is 12.1 Å². The van der Waals surface area contributed by atoms with Crippen molar-refractivity contribution in [1.82, 2.24) is 0 Å². The zero-order valence-corrected chi connectivity index (χ0v) is 8.55. The largest absolute Gasteiger partial charge is 0.376 e. The molecule has 1 heterocycles. The van der Waals surface area contributed by atoms with Gasteiger partial charge >= 0.3 is 0 Å². The first-order valence-electron chi connectivity index (χ1n) is 5.02. The zero-order valence-electron chi connectivity index (χ0n) is 8.55. The number of nitrogens with two attached hydrogens (primary N) is 1. The van der Waals surface area contributed by atoms with Crippen molar-refractivity contribution >= 4 is 0 Å². The highest BCUT2D eigenvalue weighted by Crippen LogP contribution is 2.23. The van der Waals surface area contributed by atoms with E-state index in [0.29, 0.717) is 5.92 Å². The van der Waals surface area contributed by atoms with Crippen molar-refractivity contribution < 1.29 is 4.74 Å². The molecule has 0 aliphatic carbocycles. The summed E-state index contributed by atoms with van der Waals surface area (Å²) in [5.41, 5.74) is 6.02. The minimum Gasteiger partial charge on any atom is -0.376 e. The van der Waals surface area contributed by atoms with Crippen molar-refractivity contribution in [2.45, 2.75) is 45.3 Å². The number of hydrogen-bond donors (Lipinski definition) is 1. The third-order valence-electron chi connectivity index (χ3n) is 2.65. The summed E-state index contributed by atoms with van der Waals surface area (Å²) in [6.07, 6.45) is 3.26. The van der Waals surface area contributed by atoms with Crippen molar-refractivity contribution in [3.05, 3.63) is 0 Å². The van der Waals surface area contributed by atoms with Crippen molar-refractivity contribution in [2.75, 3.05) is 6.61 Å². The molecule has 1 saturated heterocycles. The molecule has 0 aromatic heterocycles. The second kappa shape index (κ2) is 5.26. The van der Waals surface area contributed by atoms with Gasteiger partial charge in [0.25, 0.3) is 0 Å². The molecule has 1 rings (SSSR count). The SMILES string of the molecule is CC#CCCC(N)C1OCCC1C. The standard InChI is InChI=1S/C11H19NO/c1-3-4-5-6-10(12)11-9(2)7-8-13-11/h9-11H,5-8,12H2,1-2H3. The van der Waals surface area contributed by atoms with E-state index in [1.165, 1.54) is 0 Å². The molecule has 2 nitrogen and oxygen atoms in total. The minimum atomic E-state index is 0.165.